The fourth-order valence-electron chi connectivity index (χ4n) is 1.32. The van der Waals surface area contributed by atoms with E-state index < -0.39 is 0 Å². The number of nitrogens with one attached hydrogen (secondary N) is 2. The maximum absolute atomic E-state index is 11.7. The number of nitriles is 1. The lowest BCUT2D eigenvalue weighted by molar-refractivity contribution is -0.115. The molecule has 0 saturated carbocycles. The Bertz CT molecular complexity index is 468. The van der Waals surface area contributed by atoms with Gasteiger partial charge in [0.05, 0.1) is 17.8 Å². The van der Waals surface area contributed by atoms with E-state index in [1.807, 2.05) is 6.92 Å². The second kappa shape index (κ2) is 7.14. The number of carbonyl (C=O) groups is 1. The molecule has 0 aliphatic rings. The molecule has 96 valence electrons. The fraction of sp³-hybridized carbons (Fsp3) is 0.385. The van der Waals surface area contributed by atoms with E-state index in [1.165, 1.54) is 0 Å². The van der Waals surface area contributed by atoms with Gasteiger partial charge in [-0.3, -0.25) is 4.79 Å². The quantitative estimate of drug-likeness (QED) is 0.879. The number of hydrogen-bond donors (Lipinski definition) is 2. The highest BCUT2D eigenvalue weighted by atomic mass is 79.9. The van der Waals surface area contributed by atoms with Gasteiger partial charge in [0.2, 0.25) is 5.91 Å². The zero-order valence-electron chi connectivity index (χ0n) is 10.5. The summed E-state index contributed by atoms with van der Waals surface area (Å²) >= 11 is 3.29. The molecule has 1 atom stereocenters. The number of anilines is 1. The molecule has 1 rings (SSSR count). The lowest BCUT2D eigenvalue weighted by Gasteiger charge is -2.12. The van der Waals surface area contributed by atoms with Crippen molar-refractivity contribution in [3.8, 4) is 6.07 Å². The third-order valence-corrected chi connectivity index (χ3v) is 3.09. The van der Waals surface area contributed by atoms with Crippen molar-refractivity contribution in [2.45, 2.75) is 26.3 Å². The first-order chi connectivity index (χ1) is 8.56. The van der Waals surface area contributed by atoms with Gasteiger partial charge >= 0.3 is 0 Å². The van der Waals surface area contributed by atoms with E-state index in [0.29, 0.717) is 17.3 Å². The van der Waals surface area contributed by atoms with Crippen LogP contribution in [-0.2, 0) is 4.79 Å². The molecule has 1 aromatic rings. The van der Waals surface area contributed by atoms with Crippen LogP contribution in [0.2, 0.25) is 0 Å². The zero-order valence-corrected chi connectivity index (χ0v) is 12.0. The van der Waals surface area contributed by atoms with Crippen molar-refractivity contribution in [1.82, 2.24) is 5.32 Å². The number of carbonyl (C=O) groups excluding carboxylic acids is 1. The molecule has 2 N–H and O–H groups in total. The van der Waals surface area contributed by atoms with Crippen LogP contribution in [0.25, 0.3) is 0 Å². The summed E-state index contributed by atoms with van der Waals surface area (Å²) in [4.78, 5) is 11.7. The van der Waals surface area contributed by atoms with Crippen molar-refractivity contribution >= 4 is 27.5 Å². The number of rotatable bonds is 5. The molecule has 0 heterocycles. The highest BCUT2D eigenvalue weighted by Gasteiger charge is 2.08. The van der Waals surface area contributed by atoms with Gasteiger partial charge in [0.1, 0.15) is 6.07 Å². The third-order valence-electron chi connectivity index (χ3n) is 2.60. The SMILES string of the molecule is CCC(C)NCC(=O)Nc1ccc(Br)cc1C#N. The number of halogens is 1. The van der Waals surface area contributed by atoms with Crippen LogP contribution in [0.1, 0.15) is 25.8 Å². The Morgan fingerprint density at radius 3 is 2.89 bits per heavy atom. The monoisotopic (exact) mass is 309 g/mol. The summed E-state index contributed by atoms with van der Waals surface area (Å²) in [5.74, 6) is -0.144. The molecule has 0 saturated heterocycles. The Morgan fingerprint density at radius 2 is 2.28 bits per heavy atom. The van der Waals surface area contributed by atoms with Gasteiger partial charge in [0, 0.05) is 10.5 Å². The summed E-state index contributed by atoms with van der Waals surface area (Å²) in [5.41, 5.74) is 0.984. The smallest absolute Gasteiger partial charge is 0.238 e. The first-order valence-corrected chi connectivity index (χ1v) is 6.59. The van der Waals surface area contributed by atoms with E-state index >= 15 is 0 Å². The Hall–Kier alpha value is -1.38. The van der Waals surface area contributed by atoms with E-state index in [9.17, 15) is 4.79 Å². The van der Waals surface area contributed by atoms with Crippen LogP contribution in [-0.4, -0.2) is 18.5 Å². The topological polar surface area (TPSA) is 64.9 Å². The van der Waals surface area contributed by atoms with Crippen LogP contribution >= 0.6 is 15.9 Å². The lowest BCUT2D eigenvalue weighted by atomic mass is 10.2. The minimum absolute atomic E-state index is 0.144. The molecule has 0 aromatic heterocycles. The molecule has 0 fully saturated rings. The molecule has 18 heavy (non-hydrogen) atoms. The fourth-order valence-corrected chi connectivity index (χ4v) is 1.68. The molecule has 0 aliphatic carbocycles. The normalized spacial score (nSPS) is 11.7. The van der Waals surface area contributed by atoms with Crippen molar-refractivity contribution < 1.29 is 4.79 Å². The summed E-state index contributed by atoms with van der Waals surface area (Å²) in [5, 5.41) is 14.8. The van der Waals surface area contributed by atoms with E-state index in [4.69, 9.17) is 5.26 Å². The molecule has 0 spiro atoms. The molecule has 0 aliphatic heterocycles. The molecule has 5 heteroatoms. The Labute approximate surface area is 116 Å². The zero-order chi connectivity index (χ0) is 13.5. The molecule has 1 amide bonds. The van der Waals surface area contributed by atoms with Gasteiger partial charge in [0.15, 0.2) is 0 Å². The molecular weight excluding hydrogens is 294 g/mol. The molecular formula is C13H16BrN3O. The highest BCUT2D eigenvalue weighted by molar-refractivity contribution is 9.10. The molecule has 1 aromatic carbocycles. The van der Waals surface area contributed by atoms with Gasteiger partial charge in [-0.15, -0.1) is 0 Å². The average Bonchev–Trinajstić information content (AvgIpc) is 2.37. The maximum Gasteiger partial charge on any atom is 0.238 e. The van der Waals surface area contributed by atoms with Gasteiger partial charge < -0.3 is 10.6 Å². The summed E-state index contributed by atoms with van der Waals surface area (Å²) in [6.45, 7) is 4.32. The van der Waals surface area contributed by atoms with Crippen molar-refractivity contribution in [1.29, 1.82) is 5.26 Å². The molecule has 0 radical (unpaired) electrons. The third kappa shape index (κ3) is 4.47. The van der Waals surface area contributed by atoms with Gasteiger partial charge in [-0.1, -0.05) is 22.9 Å². The first-order valence-electron chi connectivity index (χ1n) is 5.79. The van der Waals surface area contributed by atoms with Crippen LogP contribution in [0.15, 0.2) is 22.7 Å². The lowest BCUT2D eigenvalue weighted by Crippen LogP contribution is -2.34. The summed E-state index contributed by atoms with van der Waals surface area (Å²) in [6, 6.07) is 7.54. The van der Waals surface area contributed by atoms with Gasteiger partial charge in [0.25, 0.3) is 0 Å². The minimum atomic E-state index is -0.144. The number of nitrogens with zero attached hydrogens (tertiary/aromatic N) is 1. The van der Waals surface area contributed by atoms with Crippen molar-refractivity contribution in [3.63, 3.8) is 0 Å². The van der Waals surface area contributed by atoms with E-state index in [0.717, 1.165) is 10.9 Å². The van der Waals surface area contributed by atoms with Crippen LogP contribution in [0, 0.1) is 11.3 Å². The van der Waals surface area contributed by atoms with Gasteiger partial charge in [-0.2, -0.15) is 5.26 Å². The summed E-state index contributed by atoms with van der Waals surface area (Å²) in [6.07, 6.45) is 0.967. The standard InChI is InChI=1S/C13H16BrN3O/c1-3-9(2)16-8-13(18)17-12-5-4-11(14)6-10(12)7-15/h4-6,9,16H,3,8H2,1-2H3,(H,17,18). The summed E-state index contributed by atoms with van der Waals surface area (Å²) < 4.78 is 0.815. The molecule has 0 bridgehead atoms. The largest absolute Gasteiger partial charge is 0.324 e. The molecule has 4 nitrogen and oxygen atoms in total. The van der Waals surface area contributed by atoms with Crippen LogP contribution in [0.5, 0.6) is 0 Å². The summed E-state index contributed by atoms with van der Waals surface area (Å²) in [7, 11) is 0. The number of benzene rings is 1. The van der Waals surface area contributed by atoms with Crippen LogP contribution in [0.3, 0.4) is 0 Å². The van der Waals surface area contributed by atoms with E-state index in [2.05, 4.69) is 39.6 Å². The second-order valence-electron chi connectivity index (χ2n) is 4.04. The first kappa shape index (κ1) is 14.7. The van der Waals surface area contributed by atoms with Crippen molar-refractivity contribution in [2.24, 2.45) is 0 Å². The van der Waals surface area contributed by atoms with Gasteiger partial charge in [-0.25, -0.2) is 0 Å². The minimum Gasteiger partial charge on any atom is -0.324 e. The Balaban J connectivity index is 2.62. The maximum atomic E-state index is 11.7. The number of amides is 1. The van der Waals surface area contributed by atoms with E-state index in [1.54, 1.807) is 18.2 Å². The van der Waals surface area contributed by atoms with Crippen molar-refractivity contribution in [2.75, 3.05) is 11.9 Å². The number of hydrogen-bond acceptors (Lipinski definition) is 3. The highest BCUT2D eigenvalue weighted by Crippen LogP contribution is 2.20. The Morgan fingerprint density at radius 1 is 1.56 bits per heavy atom. The van der Waals surface area contributed by atoms with E-state index in [-0.39, 0.29) is 12.5 Å². The average molecular weight is 310 g/mol. The molecule has 1 unspecified atom stereocenters. The predicted molar refractivity (Wildman–Crippen MR) is 75.2 cm³/mol. The van der Waals surface area contributed by atoms with Gasteiger partial charge in [-0.05, 0) is 31.5 Å². The second-order valence-corrected chi connectivity index (χ2v) is 4.96. The van der Waals surface area contributed by atoms with Crippen LogP contribution in [0.4, 0.5) is 5.69 Å². The Kier molecular flexibility index (Phi) is 5.83. The van der Waals surface area contributed by atoms with Crippen LogP contribution < -0.4 is 10.6 Å². The van der Waals surface area contributed by atoms with Crippen molar-refractivity contribution in [3.05, 3.63) is 28.2 Å². The predicted octanol–water partition coefficient (Wildman–Crippen LogP) is 2.65.